The first-order valence-corrected chi connectivity index (χ1v) is 9.10. The molecule has 1 heterocycles. The maximum Gasteiger partial charge on any atom is 0.336 e. The Labute approximate surface area is 151 Å². The van der Waals surface area contributed by atoms with Crippen molar-refractivity contribution in [3.05, 3.63) is 80.2 Å². The Morgan fingerprint density at radius 2 is 1.76 bits per heavy atom. The van der Waals surface area contributed by atoms with Gasteiger partial charge in [0.2, 0.25) is 0 Å². The van der Waals surface area contributed by atoms with Crippen LogP contribution in [0.4, 0.5) is 0 Å². The number of aryl methyl sites for hydroxylation is 2. The van der Waals surface area contributed by atoms with E-state index in [4.69, 9.17) is 16.0 Å². The van der Waals surface area contributed by atoms with Crippen molar-refractivity contribution >= 4 is 22.6 Å². The Kier molecular flexibility index (Phi) is 4.36. The van der Waals surface area contributed by atoms with Crippen molar-refractivity contribution in [3.8, 4) is 0 Å². The first kappa shape index (κ1) is 16.4. The van der Waals surface area contributed by atoms with Crippen LogP contribution >= 0.6 is 11.6 Å². The Hall–Kier alpha value is -2.10. The van der Waals surface area contributed by atoms with Crippen LogP contribution < -0.4 is 10.5 Å². The molecule has 0 saturated carbocycles. The minimum absolute atomic E-state index is 0.264. The molecule has 3 aromatic rings. The second-order valence-electron chi connectivity index (χ2n) is 7.00. The zero-order valence-corrected chi connectivity index (χ0v) is 15.0. The lowest BCUT2D eigenvalue weighted by atomic mass is 10.0. The Bertz CT molecular complexity index is 976. The fraction of sp³-hybridized carbons (Fsp3) is 0.286. The average Bonchev–Trinajstić information content (AvgIpc) is 3.02. The molecule has 0 bridgehead atoms. The van der Waals surface area contributed by atoms with Crippen LogP contribution in [-0.2, 0) is 25.9 Å². The number of halogens is 1. The van der Waals surface area contributed by atoms with E-state index < -0.39 is 0 Å². The summed E-state index contributed by atoms with van der Waals surface area (Å²) in [5.41, 5.74) is 5.48. The van der Waals surface area contributed by atoms with Crippen molar-refractivity contribution < 1.29 is 9.32 Å². The van der Waals surface area contributed by atoms with Crippen LogP contribution in [-0.4, -0.2) is 7.05 Å². The third kappa shape index (κ3) is 3.48. The SMILES string of the molecule is C[NH+](Cc1ccc(Cl)cc1)Cc1cc(=O)oc2cc3c(cc12)CCC3. The molecule has 4 rings (SSSR count). The van der Waals surface area contributed by atoms with E-state index in [2.05, 4.69) is 31.3 Å². The van der Waals surface area contributed by atoms with E-state index in [1.807, 2.05) is 12.1 Å². The lowest BCUT2D eigenvalue weighted by Gasteiger charge is -2.15. The summed E-state index contributed by atoms with van der Waals surface area (Å²) in [6.07, 6.45) is 3.39. The normalized spacial score (nSPS) is 14.6. The highest BCUT2D eigenvalue weighted by atomic mass is 35.5. The number of hydrogen-bond acceptors (Lipinski definition) is 2. The topological polar surface area (TPSA) is 34.7 Å². The fourth-order valence-electron chi connectivity index (χ4n) is 3.78. The van der Waals surface area contributed by atoms with Gasteiger partial charge in [-0.3, -0.25) is 0 Å². The highest BCUT2D eigenvalue weighted by molar-refractivity contribution is 6.30. The lowest BCUT2D eigenvalue weighted by Crippen LogP contribution is -3.06. The van der Waals surface area contributed by atoms with Gasteiger partial charge in [-0.15, -0.1) is 0 Å². The van der Waals surface area contributed by atoms with Gasteiger partial charge in [0.15, 0.2) is 0 Å². The molecule has 1 aliphatic rings. The molecule has 1 unspecified atom stereocenters. The molecule has 0 amide bonds. The number of rotatable bonds is 4. The summed E-state index contributed by atoms with van der Waals surface area (Å²) in [6.45, 7) is 1.66. The van der Waals surface area contributed by atoms with E-state index >= 15 is 0 Å². The van der Waals surface area contributed by atoms with E-state index in [-0.39, 0.29) is 5.63 Å². The largest absolute Gasteiger partial charge is 0.423 e. The number of quaternary nitrogens is 1. The Morgan fingerprint density at radius 3 is 2.52 bits per heavy atom. The van der Waals surface area contributed by atoms with Crippen LogP contribution in [0.1, 0.15) is 28.7 Å². The molecule has 128 valence electrons. The molecule has 1 atom stereocenters. The van der Waals surface area contributed by atoms with E-state index in [9.17, 15) is 4.79 Å². The molecule has 0 saturated heterocycles. The smallest absolute Gasteiger partial charge is 0.336 e. The fourth-order valence-corrected chi connectivity index (χ4v) is 3.91. The van der Waals surface area contributed by atoms with Crippen LogP contribution in [0.25, 0.3) is 11.0 Å². The van der Waals surface area contributed by atoms with Gasteiger partial charge >= 0.3 is 5.63 Å². The summed E-state index contributed by atoms with van der Waals surface area (Å²) in [5, 5.41) is 1.83. The summed E-state index contributed by atoms with van der Waals surface area (Å²) in [4.78, 5) is 13.3. The molecular formula is C21H21ClNO2+. The monoisotopic (exact) mass is 354 g/mol. The average molecular weight is 355 g/mol. The maximum absolute atomic E-state index is 12.0. The molecule has 0 aliphatic heterocycles. The van der Waals surface area contributed by atoms with E-state index in [1.165, 1.54) is 28.0 Å². The van der Waals surface area contributed by atoms with Gasteiger partial charge in [-0.05, 0) is 54.7 Å². The van der Waals surface area contributed by atoms with Crippen molar-refractivity contribution in [2.75, 3.05) is 7.05 Å². The standard InChI is InChI=1S/C21H20ClNO2/c1-23(12-14-5-7-18(22)8-6-14)13-17-11-21(24)25-20-10-16-4-2-3-15(16)9-19(17)20/h5-11H,2-4,12-13H2,1H3/p+1. The summed E-state index contributed by atoms with van der Waals surface area (Å²) < 4.78 is 5.46. The van der Waals surface area contributed by atoms with E-state index in [0.717, 1.165) is 47.5 Å². The molecule has 1 aromatic heterocycles. The molecule has 0 radical (unpaired) electrons. The van der Waals surface area contributed by atoms with Gasteiger partial charge in [-0.25, -0.2) is 4.79 Å². The zero-order valence-electron chi connectivity index (χ0n) is 14.3. The predicted octanol–water partition coefficient (Wildman–Crippen LogP) is 3.15. The predicted molar refractivity (Wildman–Crippen MR) is 100 cm³/mol. The van der Waals surface area contributed by atoms with Crippen LogP contribution in [0.2, 0.25) is 5.02 Å². The minimum Gasteiger partial charge on any atom is -0.423 e. The van der Waals surface area contributed by atoms with Crippen molar-refractivity contribution in [2.45, 2.75) is 32.4 Å². The molecule has 4 heteroatoms. The Balaban J connectivity index is 1.64. The lowest BCUT2D eigenvalue weighted by molar-refractivity contribution is -0.907. The number of hydrogen-bond donors (Lipinski definition) is 1. The highest BCUT2D eigenvalue weighted by Gasteiger charge is 2.17. The molecule has 0 spiro atoms. The van der Waals surface area contributed by atoms with Gasteiger partial charge in [0.1, 0.15) is 18.7 Å². The third-order valence-corrected chi connectivity index (χ3v) is 5.21. The third-order valence-electron chi connectivity index (χ3n) is 4.95. The molecule has 3 nitrogen and oxygen atoms in total. The van der Waals surface area contributed by atoms with Crippen molar-refractivity contribution in [1.82, 2.24) is 0 Å². The van der Waals surface area contributed by atoms with Crippen molar-refractivity contribution in [2.24, 2.45) is 0 Å². The minimum atomic E-state index is -0.264. The highest BCUT2D eigenvalue weighted by Crippen LogP contribution is 2.28. The summed E-state index contributed by atoms with van der Waals surface area (Å²) in [5.74, 6) is 0. The molecule has 25 heavy (non-hydrogen) atoms. The molecular weight excluding hydrogens is 334 g/mol. The van der Waals surface area contributed by atoms with Gasteiger partial charge in [0, 0.05) is 27.6 Å². The van der Waals surface area contributed by atoms with Crippen LogP contribution in [0.3, 0.4) is 0 Å². The summed E-state index contributed by atoms with van der Waals surface area (Å²) in [7, 11) is 2.14. The van der Waals surface area contributed by atoms with Gasteiger partial charge in [0.25, 0.3) is 0 Å². The van der Waals surface area contributed by atoms with Gasteiger partial charge in [-0.1, -0.05) is 23.7 Å². The van der Waals surface area contributed by atoms with Gasteiger partial charge < -0.3 is 9.32 Å². The maximum atomic E-state index is 12.0. The van der Waals surface area contributed by atoms with Gasteiger partial charge in [-0.2, -0.15) is 0 Å². The van der Waals surface area contributed by atoms with E-state index in [1.54, 1.807) is 6.07 Å². The number of nitrogens with one attached hydrogen (secondary N) is 1. The summed E-state index contributed by atoms with van der Waals surface area (Å²) in [6, 6.07) is 13.9. The summed E-state index contributed by atoms with van der Waals surface area (Å²) >= 11 is 5.96. The molecule has 1 N–H and O–H groups in total. The van der Waals surface area contributed by atoms with Crippen molar-refractivity contribution in [3.63, 3.8) is 0 Å². The van der Waals surface area contributed by atoms with Crippen molar-refractivity contribution in [1.29, 1.82) is 0 Å². The second-order valence-corrected chi connectivity index (χ2v) is 7.43. The Morgan fingerprint density at radius 1 is 1.04 bits per heavy atom. The number of fused-ring (bicyclic) bond motifs is 2. The van der Waals surface area contributed by atoms with Gasteiger partial charge in [0.05, 0.1) is 7.05 Å². The van der Waals surface area contributed by atoms with Crippen LogP contribution in [0, 0.1) is 0 Å². The zero-order chi connectivity index (χ0) is 17.4. The first-order valence-electron chi connectivity index (χ1n) is 8.73. The number of benzene rings is 2. The van der Waals surface area contributed by atoms with Crippen LogP contribution in [0.15, 0.2) is 51.7 Å². The molecule has 2 aromatic carbocycles. The molecule has 0 fully saturated rings. The van der Waals surface area contributed by atoms with Crippen LogP contribution in [0.5, 0.6) is 0 Å². The quantitative estimate of drug-likeness (QED) is 0.730. The molecule has 1 aliphatic carbocycles. The second kappa shape index (κ2) is 6.66. The van der Waals surface area contributed by atoms with E-state index in [0.29, 0.717) is 0 Å². The first-order chi connectivity index (χ1) is 12.1.